The number of ketones is 1. The minimum Gasteiger partial charge on any atom is -0.331 e. The van der Waals surface area contributed by atoms with E-state index in [1.807, 2.05) is 30.7 Å². The minimum atomic E-state index is -1.00. The fraction of sp³-hybridized carbons (Fsp3) is 0.357. The average molecular weight is 241 g/mol. The molecule has 92 valence electrons. The highest BCUT2D eigenvalue weighted by Gasteiger charge is 2.28. The lowest BCUT2D eigenvalue weighted by molar-refractivity contribution is 0.0892. The van der Waals surface area contributed by atoms with Crippen molar-refractivity contribution in [2.45, 2.75) is 20.8 Å². The number of fused-ring (bicyclic) bond motifs is 1. The monoisotopic (exact) mass is 241 g/mol. The van der Waals surface area contributed by atoms with Crippen LogP contribution in [0.15, 0.2) is 18.2 Å². The highest BCUT2D eigenvalue weighted by Crippen LogP contribution is 2.23. The molecule has 0 fully saturated rings. The number of benzene rings is 1. The van der Waals surface area contributed by atoms with Gasteiger partial charge in [-0.2, -0.15) is 5.26 Å². The van der Waals surface area contributed by atoms with Crippen molar-refractivity contribution in [1.82, 2.24) is 9.55 Å². The number of hydrogen-bond acceptors (Lipinski definition) is 3. The lowest BCUT2D eigenvalue weighted by Crippen LogP contribution is -2.22. The Balaban J connectivity index is 2.56. The second kappa shape index (κ2) is 3.95. The number of imidazole rings is 1. The summed E-state index contributed by atoms with van der Waals surface area (Å²) >= 11 is 0. The molecule has 0 bridgehead atoms. The molecule has 0 amide bonds. The minimum absolute atomic E-state index is 0.171. The summed E-state index contributed by atoms with van der Waals surface area (Å²) in [5.41, 5.74) is 1.30. The SMILES string of the molecule is Cc1nc2cc(C(=O)C(C)(C)C#N)ccc2n1C. The normalized spacial score (nSPS) is 11.5. The van der Waals surface area contributed by atoms with Gasteiger partial charge in [0.25, 0.3) is 0 Å². The molecule has 0 N–H and O–H groups in total. The Morgan fingerprint density at radius 3 is 2.72 bits per heavy atom. The third kappa shape index (κ3) is 1.78. The zero-order valence-electron chi connectivity index (χ0n) is 11.0. The quantitative estimate of drug-likeness (QED) is 0.759. The van der Waals surface area contributed by atoms with Gasteiger partial charge in [-0.05, 0) is 39.0 Å². The van der Waals surface area contributed by atoms with Crippen LogP contribution in [-0.4, -0.2) is 15.3 Å². The van der Waals surface area contributed by atoms with Gasteiger partial charge >= 0.3 is 0 Å². The molecule has 18 heavy (non-hydrogen) atoms. The summed E-state index contributed by atoms with van der Waals surface area (Å²) in [6.45, 7) is 5.17. The summed E-state index contributed by atoms with van der Waals surface area (Å²) in [4.78, 5) is 16.6. The van der Waals surface area contributed by atoms with Crippen molar-refractivity contribution in [1.29, 1.82) is 5.26 Å². The summed E-state index contributed by atoms with van der Waals surface area (Å²) < 4.78 is 1.97. The number of hydrogen-bond donors (Lipinski definition) is 0. The number of aryl methyl sites for hydroxylation is 2. The lowest BCUT2D eigenvalue weighted by atomic mass is 9.86. The molecule has 0 atom stereocenters. The molecule has 0 aliphatic heterocycles. The van der Waals surface area contributed by atoms with E-state index < -0.39 is 5.41 Å². The predicted molar refractivity (Wildman–Crippen MR) is 69.2 cm³/mol. The van der Waals surface area contributed by atoms with Crippen LogP contribution in [0.25, 0.3) is 11.0 Å². The third-order valence-corrected chi connectivity index (χ3v) is 3.21. The van der Waals surface area contributed by atoms with Gasteiger partial charge in [0.1, 0.15) is 11.2 Å². The van der Waals surface area contributed by atoms with Crippen LogP contribution < -0.4 is 0 Å². The summed E-state index contributed by atoms with van der Waals surface area (Å²) in [6.07, 6.45) is 0. The van der Waals surface area contributed by atoms with Crippen molar-refractivity contribution in [2.75, 3.05) is 0 Å². The van der Waals surface area contributed by atoms with Gasteiger partial charge in [0, 0.05) is 12.6 Å². The molecule has 0 saturated carbocycles. The van der Waals surface area contributed by atoms with Crippen LogP contribution in [-0.2, 0) is 7.05 Å². The Kier molecular flexibility index (Phi) is 2.70. The average Bonchev–Trinajstić information content (AvgIpc) is 2.63. The van der Waals surface area contributed by atoms with E-state index >= 15 is 0 Å². The van der Waals surface area contributed by atoms with Crippen LogP contribution in [0.2, 0.25) is 0 Å². The van der Waals surface area contributed by atoms with Crippen LogP contribution in [0, 0.1) is 23.7 Å². The number of Topliss-reactive ketones (excluding diaryl/α,β-unsaturated/α-hetero) is 1. The van der Waals surface area contributed by atoms with E-state index in [-0.39, 0.29) is 5.78 Å². The number of carbonyl (C=O) groups is 1. The van der Waals surface area contributed by atoms with Gasteiger partial charge in [0.15, 0.2) is 5.78 Å². The standard InChI is InChI=1S/C14H15N3O/c1-9-16-11-7-10(5-6-12(11)17(9)4)13(18)14(2,3)8-15/h5-7H,1-4H3. The topological polar surface area (TPSA) is 58.7 Å². The van der Waals surface area contributed by atoms with Crippen LogP contribution in [0.5, 0.6) is 0 Å². The molecule has 0 unspecified atom stereocenters. The van der Waals surface area contributed by atoms with Crippen molar-refractivity contribution in [3.63, 3.8) is 0 Å². The molecular weight excluding hydrogens is 226 g/mol. The van der Waals surface area contributed by atoms with E-state index in [9.17, 15) is 4.79 Å². The van der Waals surface area contributed by atoms with Gasteiger partial charge in [-0.25, -0.2) is 4.98 Å². The molecule has 1 heterocycles. The molecule has 4 heteroatoms. The number of rotatable bonds is 2. The fourth-order valence-electron chi connectivity index (χ4n) is 1.87. The van der Waals surface area contributed by atoms with Gasteiger partial charge in [0.2, 0.25) is 0 Å². The molecule has 0 spiro atoms. The highest BCUT2D eigenvalue weighted by molar-refractivity contribution is 6.03. The van der Waals surface area contributed by atoms with E-state index in [2.05, 4.69) is 4.98 Å². The van der Waals surface area contributed by atoms with E-state index in [0.29, 0.717) is 5.56 Å². The smallest absolute Gasteiger partial charge is 0.182 e. The van der Waals surface area contributed by atoms with Crippen molar-refractivity contribution >= 4 is 16.8 Å². The maximum absolute atomic E-state index is 12.2. The van der Waals surface area contributed by atoms with Gasteiger partial charge < -0.3 is 4.57 Å². The Bertz CT molecular complexity index is 674. The molecule has 0 radical (unpaired) electrons. The number of nitriles is 1. The van der Waals surface area contributed by atoms with Crippen molar-refractivity contribution in [2.24, 2.45) is 12.5 Å². The van der Waals surface area contributed by atoms with E-state index in [0.717, 1.165) is 16.9 Å². The van der Waals surface area contributed by atoms with Crippen LogP contribution in [0.4, 0.5) is 0 Å². The van der Waals surface area contributed by atoms with Crippen LogP contribution in [0.1, 0.15) is 30.0 Å². The largest absolute Gasteiger partial charge is 0.331 e. The van der Waals surface area contributed by atoms with E-state index in [1.165, 1.54) is 0 Å². The van der Waals surface area contributed by atoms with Gasteiger partial charge in [-0.1, -0.05) is 0 Å². The first-order chi connectivity index (χ1) is 8.36. The zero-order chi connectivity index (χ0) is 13.5. The van der Waals surface area contributed by atoms with Crippen molar-refractivity contribution in [3.8, 4) is 6.07 Å². The maximum Gasteiger partial charge on any atom is 0.182 e. The maximum atomic E-state index is 12.2. The van der Waals surface area contributed by atoms with E-state index in [4.69, 9.17) is 5.26 Å². The fourth-order valence-corrected chi connectivity index (χ4v) is 1.87. The number of aromatic nitrogens is 2. The van der Waals surface area contributed by atoms with Crippen LogP contribution in [0.3, 0.4) is 0 Å². The first-order valence-electron chi connectivity index (χ1n) is 5.76. The molecule has 4 nitrogen and oxygen atoms in total. The molecule has 1 aromatic carbocycles. The Morgan fingerprint density at radius 1 is 1.44 bits per heavy atom. The Labute approximate surface area is 106 Å². The van der Waals surface area contributed by atoms with Crippen molar-refractivity contribution in [3.05, 3.63) is 29.6 Å². The second-order valence-corrected chi connectivity index (χ2v) is 4.99. The van der Waals surface area contributed by atoms with Crippen molar-refractivity contribution < 1.29 is 4.79 Å². The van der Waals surface area contributed by atoms with Gasteiger partial charge in [-0.15, -0.1) is 0 Å². The van der Waals surface area contributed by atoms with E-state index in [1.54, 1.807) is 26.0 Å². The molecule has 2 aromatic rings. The highest BCUT2D eigenvalue weighted by atomic mass is 16.1. The molecule has 0 saturated heterocycles. The second-order valence-electron chi connectivity index (χ2n) is 4.99. The number of nitrogens with zero attached hydrogens (tertiary/aromatic N) is 3. The summed E-state index contributed by atoms with van der Waals surface area (Å²) in [7, 11) is 1.94. The number of carbonyl (C=O) groups excluding carboxylic acids is 1. The molecule has 2 rings (SSSR count). The molecule has 1 aromatic heterocycles. The molecule has 0 aliphatic carbocycles. The first kappa shape index (κ1) is 12.3. The third-order valence-electron chi connectivity index (χ3n) is 3.21. The van der Waals surface area contributed by atoms with Gasteiger partial charge in [-0.3, -0.25) is 4.79 Å². The Hall–Kier alpha value is -2.15. The summed E-state index contributed by atoms with van der Waals surface area (Å²) in [5.74, 6) is 0.726. The molecular formula is C14H15N3O. The Morgan fingerprint density at radius 2 is 2.11 bits per heavy atom. The van der Waals surface area contributed by atoms with Gasteiger partial charge in [0.05, 0.1) is 17.1 Å². The zero-order valence-corrected chi connectivity index (χ0v) is 11.0. The summed E-state index contributed by atoms with van der Waals surface area (Å²) in [5, 5.41) is 9.00. The predicted octanol–water partition coefficient (Wildman–Crippen LogP) is 2.61. The molecule has 0 aliphatic rings. The van der Waals surface area contributed by atoms with Crippen LogP contribution >= 0.6 is 0 Å². The lowest BCUT2D eigenvalue weighted by Gasteiger charge is -2.13. The summed E-state index contributed by atoms with van der Waals surface area (Å²) in [6, 6.07) is 7.41. The first-order valence-corrected chi connectivity index (χ1v) is 5.76.